The summed E-state index contributed by atoms with van der Waals surface area (Å²) in [5.41, 5.74) is 6.80. The lowest BCUT2D eigenvalue weighted by molar-refractivity contribution is -0.0441. The van der Waals surface area contributed by atoms with Crippen LogP contribution in [0.25, 0.3) is 0 Å². The van der Waals surface area contributed by atoms with Crippen molar-refractivity contribution in [3.05, 3.63) is 35.6 Å². The highest BCUT2D eigenvalue weighted by atomic mass is 31.1. The summed E-state index contributed by atoms with van der Waals surface area (Å²) in [5.74, 6) is 2.38. The summed E-state index contributed by atoms with van der Waals surface area (Å²) in [6.45, 7) is 2.38. The molecule has 3 rings (SSSR count). The Hall–Kier alpha value is -2.28. The van der Waals surface area contributed by atoms with E-state index in [-0.39, 0.29) is 33.8 Å². The monoisotopic (exact) mass is 462 g/mol. The number of unbranched alkanes of at least 4 members (excludes halogenated alkanes) is 4. The first-order valence-corrected chi connectivity index (χ1v) is 11.8. The summed E-state index contributed by atoms with van der Waals surface area (Å²) in [5, 5.41) is 10.3. The molecule has 0 amide bonds. The van der Waals surface area contributed by atoms with Crippen molar-refractivity contribution in [1.82, 2.24) is 4.90 Å². The smallest absolute Gasteiger partial charge is 0.225 e. The quantitative estimate of drug-likeness (QED) is 0.278. The Morgan fingerprint density at radius 2 is 2.06 bits per heavy atom. The second-order valence-electron chi connectivity index (χ2n) is 7.78. The lowest BCUT2D eigenvalue weighted by atomic mass is 10.1. The van der Waals surface area contributed by atoms with Gasteiger partial charge in [0, 0.05) is 6.42 Å². The predicted molar refractivity (Wildman–Crippen MR) is 124 cm³/mol. The molecule has 1 unspecified atom stereocenters. The van der Waals surface area contributed by atoms with E-state index in [0.29, 0.717) is 0 Å². The van der Waals surface area contributed by atoms with Gasteiger partial charge in [0.25, 0.3) is 0 Å². The zero-order valence-electron chi connectivity index (χ0n) is 18.3. The predicted octanol–water partition coefficient (Wildman–Crippen LogP) is 2.91. The SMILES string of the molecule is CCCCCCCc1ccc(OPOC[C@H]2O[C@@H](N3C=NC(N)=NC3=C=O)C[C@@H]2O)cc1. The van der Waals surface area contributed by atoms with Crippen molar-refractivity contribution in [2.24, 2.45) is 15.7 Å². The maximum atomic E-state index is 11.1. The van der Waals surface area contributed by atoms with Crippen molar-refractivity contribution in [3.63, 3.8) is 0 Å². The van der Waals surface area contributed by atoms with E-state index in [0.717, 1.165) is 12.2 Å². The molecule has 0 aliphatic carbocycles. The fourth-order valence-corrected chi connectivity index (χ4v) is 4.07. The fraction of sp³-hybridized carbons (Fsp3) is 0.545. The van der Waals surface area contributed by atoms with Gasteiger partial charge in [-0.3, -0.25) is 4.90 Å². The number of nitrogens with zero attached hydrogens (tertiary/aromatic N) is 3. The molecular formula is C22H31N4O5P. The van der Waals surface area contributed by atoms with Crippen LogP contribution in [0.1, 0.15) is 51.0 Å². The molecule has 2 aliphatic rings. The standard InChI is InChI=1S/C22H31N4O5P/c1-2-3-4-5-6-7-16-8-10-17(11-9-16)31-32-29-14-19-18(28)12-21(30-19)26-15-24-22(23)25-20(26)13-27/h8-11,15,18-19,21,28,32H,2-7,12,14H2,1H3,(H2,23,25)/t18-,19+,21+/m0/s1. The van der Waals surface area contributed by atoms with E-state index < -0.39 is 18.4 Å². The molecule has 1 saturated heterocycles. The van der Waals surface area contributed by atoms with Crippen LogP contribution in [-0.4, -0.2) is 53.3 Å². The molecule has 2 aliphatic heterocycles. The summed E-state index contributed by atoms with van der Waals surface area (Å²) >= 11 is 0. The normalized spacial score (nSPS) is 23.1. The molecule has 0 radical (unpaired) electrons. The van der Waals surface area contributed by atoms with E-state index in [1.807, 2.05) is 12.1 Å². The number of carbonyl (C=O) groups excluding carboxylic acids is 1. The van der Waals surface area contributed by atoms with E-state index in [2.05, 4.69) is 29.0 Å². The number of aliphatic imine (C=N–C) groups is 2. The molecule has 0 aromatic heterocycles. The average molecular weight is 462 g/mol. The van der Waals surface area contributed by atoms with Gasteiger partial charge in [-0.2, -0.15) is 4.99 Å². The molecule has 0 saturated carbocycles. The minimum atomic E-state index is -0.758. The van der Waals surface area contributed by atoms with Crippen molar-refractivity contribution in [1.29, 1.82) is 0 Å². The van der Waals surface area contributed by atoms with E-state index in [1.165, 1.54) is 48.9 Å². The summed E-state index contributed by atoms with van der Waals surface area (Å²) < 4.78 is 17.0. The third-order valence-corrected chi connectivity index (χ3v) is 5.95. The fourth-order valence-electron chi connectivity index (χ4n) is 3.54. The Bertz CT molecular complexity index is 841. The molecule has 9 nitrogen and oxygen atoms in total. The third-order valence-electron chi connectivity index (χ3n) is 5.34. The van der Waals surface area contributed by atoms with Gasteiger partial charge in [0.2, 0.25) is 20.8 Å². The minimum absolute atomic E-state index is 0.0311. The number of aliphatic hydroxyl groups is 1. The van der Waals surface area contributed by atoms with E-state index in [9.17, 15) is 9.90 Å². The lowest BCUT2D eigenvalue weighted by Crippen LogP contribution is -2.37. The van der Waals surface area contributed by atoms with E-state index >= 15 is 0 Å². The number of nitrogens with two attached hydrogens (primary N) is 1. The van der Waals surface area contributed by atoms with Crippen molar-refractivity contribution >= 4 is 27.3 Å². The highest BCUT2D eigenvalue weighted by Gasteiger charge is 2.38. The van der Waals surface area contributed by atoms with Gasteiger partial charge in [0.05, 0.1) is 12.7 Å². The van der Waals surface area contributed by atoms with Crippen molar-refractivity contribution in [2.45, 2.75) is 70.3 Å². The Labute approximate surface area is 190 Å². The Kier molecular flexibility index (Phi) is 9.65. The van der Waals surface area contributed by atoms with Crippen molar-refractivity contribution in [3.8, 4) is 5.75 Å². The van der Waals surface area contributed by atoms with Gasteiger partial charge in [0.1, 0.15) is 24.4 Å². The Balaban J connectivity index is 1.36. The van der Waals surface area contributed by atoms with E-state index in [1.54, 1.807) is 5.94 Å². The average Bonchev–Trinajstić information content (AvgIpc) is 3.17. The first-order valence-electron chi connectivity index (χ1n) is 11.0. The maximum absolute atomic E-state index is 11.1. The topological polar surface area (TPSA) is 119 Å². The van der Waals surface area contributed by atoms with Crippen LogP contribution in [0.15, 0.2) is 40.1 Å². The summed E-state index contributed by atoms with van der Waals surface area (Å²) in [7, 11) is -0.223. The van der Waals surface area contributed by atoms with Crippen molar-refractivity contribution in [2.75, 3.05) is 6.61 Å². The highest BCUT2D eigenvalue weighted by molar-refractivity contribution is 7.26. The lowest BCUT2D eigenvalue weighted by Gasteiger charge is -2.26. The number of rotatable bonds is 12. The molecule has 0 spiro atoms. The van der Waals surface area contributed by atoms with Crippen LogP contribution >= 0.6 is 9.03 Å². The van der Waals surface area contributed by atoms with Gasteiger partial charge in [-0.15, -0.1) is 0 Å². The van der Waals surface area contributed by atoms with Crippen LogP contribution in [0.3, 0.4) is 0 Å². The first-order chi connectivity index (χ1) is 15.6. The summed E-state index contributed by atoms with van der Waals surface area (Å²) in [6.07, 6.45) is 7.14. The van der Waals surface area contributed by atoms with Crippen molar-refractivity contribution < 1.29 is 23.7 Å². The van der Waals surface area contributed by atoms with Crippen LogP contribution in [0.2, 0.25) is 0 Å². The van der Waals surface area contributed by atoms with Crippen LogP contribution in [-0.2, 0) is 20.5 Å². The number of guanidine groups is 1. The van der Waals surface area contributed by atoms with Gasteiger partial charge >= 0.3 is 0 Å². The van der Waals surface area contributed by atoms with Crippen LogP contribution in [0.4, 0.5) is 0 Å². The van der Waals surface area contributed by atoms with Gasteiger partial charge in [0.15, 0.2) is 5.94 Å². The largest absolute Gasteiger partial charge is 0.450 e. The highest BCUT2D eigenvalue weighted by Crippen LogP contribution is 2.28. The molecule has 1 fully saturated rings. The molecule has 1 aromatic carbocycles. The molecule has 2 heterocycles. The van der Waals surface area contributed by atoms with E-state index in [4.69, 9.17) is 19.5 Å². The van der Waals surface area contributed by atoms with Crippen LogP contribution in [0.5, 0.6) is 5.75 Å². The second kappa shape index (κ2) is 12.7. The molecule has 0 bridgehead atoms. The Morgan fingerprint density at radius 1 is 1.28 bits per heavy atom. The number of benzene rings is 1. The first kappa shape index (κ1) is 24.4. The second-order valence-corrected chi connectivity index (χ2v) is 8.44. The number of ether oxygens (including phenoxy) is 1. The van der Waals surface area contributed by atoms with Crippen LogP contribution < -0.4 is 10.3 Å². The van der Waals surface area contributed by atoms with Crippen LogP contribution in [0, 0.1) is 0 Å². The molecule has 174 valence electrons. The molecule has 32 heavy (non-hydrogen) atoms. The maximum Gasteiger partial charge on any atom is 0.225 e. The minimum Gasteiger partial charge on any atom is -0.450 e. The number of aliphatic hydroxyl groups excluding tert-OH is 1. The molecule has 3 N–H and O–H groups in total. The molecule has 4 atom stereocenters. The summed E-state index contributed by atoms with van der Waals surface area (Å²) in [6, 6.07) is 8.07. The molecular weight excluding hydrogens is 431 g/mol. The zero-order valence-corrected chi connectivity index (χ0v) is 19.3. The zero-order chi connectivity index (χ0) is 22.8. The molecule has 10 heteroatoms. The van der Waals surface area contributed by atoms with Gasteiger partial charge in [-0.05, 0) is 30.5 Å². The van der Waals surface area contributed by atoms with Gasteiger partial charge in [-0.25, -0.2) is 9.79 Å². The number of hydrogen-bond acceptors (Lipinski definition) is 9. The third kappa shape index (κ3) is 7.12. The Morgan fingerprint density at radius 3 is 2.81 bits per heavy atom. The summed E-state index contributed by atoms with van der Waals surface area (Å²) in [4.78, 5) is 20.2. The molecule has 1 aromatic rings. The number of hydrogen-bond donors (Lipinski definition) is 2. The number of aryl methyl sites for hydroxylation is 1. The van der Waals surface area contributed by atoms with Gasteiger partial charge in [-0.1, -0.05) is 44.7 Å². The van der Waals surface area contributed by atoms with Gasteiger partial charge < -0.3 is 24.6 Å².